The minimum absolute atomic E-state index is 0.671. The Balaban J connectivity index is 2.19. The molecule has 0 N–H and O–H groups in total. The summed E-state index contributed by atoms with van der Waals surface area (Å²) in [5.74, 6) is 0.671. The van der Waals surface area contributed by atoms with Gasteiger partial charge in [-0.3, -0.25) is 0 Å². The molecule has 0 fully saturated rings. The van der Waals surface area contributed by atoms with Gasteiger partial charge in [-0.1, -0.05) is 74.9 Å². The molecule has 0 nitrogen and oxygen atoms in total. The van der Waals surface area contributed by atoms with Gasteiger partial charge in [-0.25, -0.2) is 0 Å². The molecule has 0 unspecified atom stereocenters. The van der Waals surface area contributed by atoms with E-state index in [0.717, 1.165) is 0 Å². The molecule has 0 bridgehead atoms. The highest BCUT2D eigenvalue weighted by Crippen LogP contribution is 2.24. The van der Waals surface area contributed by atoms with E-state index in [2.05, 4.69) is 68.4 Å². The molecule has 0 aliphatic rings. The molecule has 0 aromatic heterocycles. The number of rotatable bonds is 4. The van der Waals surface area contributed by atoms with Gasteiger partial charge in [0.25, 0.3) is 0 Å². The lowest BCUT2D eigenvalue weighted by Crippen LogP contribution is -1.92. The molecule has 2 aromatic carbocycles. The summed E-state index contributed by atoms with van der Waals surface area (Å²) >= 11 is 0. The van der Waals surface area contributed by atoms with Crippen molar-refractivity contribution in [1.29, 1.82) is 0 Å². The molecule has 0 saturated heterocycles. The second-order valence-electron chi connectivity index (χ2n) is 4.68. The first-order chi connectivity index (χ1) is 8.31. The van der Waals surface area contributed by atoms with E-state index in [4.69, 9.17) is 0 Å². The molecule has 88 valence electrons. The van der Waals surface area contributed by atoms with E-state index in [-0.39, 0.29) is 0 Å². The molecular formula is C17H20. The van der Waals surface area contributed by atoms with Gasteiger partial charge < -0.3 is 0 Å². The molecule has 0 amide bonds. The van der Waals surface area contributed by atoms with Crippen LogP contribution in [0.4, 0.5) is 0 Å². The molecule has 0 radical (unpaired) electrons. The number of benzene rings is 2. The maximum atomic E-state index is 2.31. The molecular weight excluding hydrogens is 204 g/mol. The van der Waals surface area contributed by atoms with E-state index >= 15 is 0 Å². The van der Waals surface area contributed by atoms with Crippen LogP contribution in [0.5, 0.6) is 0 Å². The highest BCUT2D eigenvalue weighted by Gasteiger charge is 2.04. The zero-order chi connectivity index (χ0) is 12.1. The summed E-state index contributed by atoms with van der Waals surface area (Å²) in [6, 6.07) is 19.5. The molecule has 0 spiro atoms. The minimum atomic E-state index is 0.671. The van der Waals surface area contributed by atoms with Crippen molar-refractivity contribution in [3.8, 4) is 11.1 Å². The summed E-state index contributed by atoms with van der Waals surface area (Å²) in [6.45, 7) is 4.55. The van der Waals surface area contributed by atoms with Crippen LogP contribution in [-0.4, -0.2) is 0 Å². The van der Waals surface area contributed by atoms with E-state index < -0.39 is 0 Å². The van der Waals surface area contributed by atoms with Gasteiger partial charge in [0.1, 0.15) is 0 Å². The Morgan fingerprint density at radius 3 is 2.00 bits per heavy atom. The Morgan fingerprint density at radius 1 is 0.824 bits per heavy atom. The Bertz CT molecular complexity index is 439. The van der Waals surface area contributed by atoms with Crippen LogP contribution in [0.1, 0.15) is 38.2 Å². The van der Waals surface area contributed by atoms with Gasteiger partial charge in [0.05, 0.1) is 0 Å². The summed E-state index contributed by atoms with van der Waals surface area (Å²) in [4.78, 5) is 0. The predicted molar refractivity (Wildman–Crippen MR) is 75.2 cm³/mol. The fourth-order valence-electron chi connectivity index (χ4n) is 2.23. The first-order valence-electron chi connectivity index (χ1n) is 6.46. The van der Waals surface area contributed by atoms with Crippen LogP contribution in [0, 0.1) is 0 Å². The van der Waals surface area contributed by atoms with Crippen molar-refractivity contribution in [2.24, 2.45) is 0 Å². The molecule has 0 heteroatoms. The Labute approximate surface area is 104 Å². The molecule has 0 heterocycles. The molecule has 2 rings (SSSR count). The van der Waals surface area contributed by atoms with Crippen molar-refractivity contribution in [2.45, 2.75) is 32.6 Å². The quantitative estimate of drug-likeness (QED) is 0.664. The average Bonchev–Trinajstić information content (AvgIpc) is 2.40. The lowest BCUT2D eigenvalue weighted by Gasteiger charge is -2.11. The highest BCUT2D eigenvalue weighted by atomic mass is 14.1. The molecule has 0 saturated carbocycles. The van der Waals surface area contributed by atoms with Gasteiger partial charge in [-0.05, 0) is 29.0 Å². The standard InChI is InChI=1S/C17H20/c1-3-7-14(2)15-10-12-17(13-11-15)16-8-5-4-6-9-16/h4-6,8-14H,3,7H2,1-2H3/t14-/m0/s1. The van der Waals surface area contributed by atoms with Crippen LogP contribution in [0.2, 0.25) is 0 Å². The summed E-state index contributed by atoms with van der Waals surface area (Å²) < 4.78 is 0. The largest absolute Gasteiger partial charge is 0.0654 e. The maximum absolute atomic E-state index is 2.31. The third-order valence-electron chi connectivity index (χ3n) is 3.31. The smallest absolute Gasteiger partial charge is 0.0184 e. The highest BCUT2D eigenvalue weighted by molar-refractivity contribution is 5.63. The third kappa shape index (κ3) is 2.97. The fourth-order valence-corrected chi connectivity index (χ4v) is 2.23. The third-order valence-corrected chi connectivity index (χ3v) is 3.31. The van der Waals surface area contributed by atoms with Crippen LogP contribution < -0.4 is 0 Å². The van der Waals surface area contributed by atoms with E-state index in [9.17, 15) is 0 Å². The monoisotopic (exact) mass is 224 g/mol. The second kappa shape index (κ2) is 5.67. The SMILES string of the molecule is CCC[C@H](C)c1ccc(-c2ccccc2)cc1. The Kier molecular flexibility index (Phi) is 3.98. The van der Waals surface area contributed by atoms with Crippen molar-refractivity contribution in [3.63, 3.8) is 0 Å². The molecule has 0 aliphatic heterocycles. The van der Waals surface area contributed by atoms with E-state index in [1.165, 1.54) is 29.5 Å². The van der Waals surface area contributed by atoms with Gasteiger partial charge in [0, 0.05) is 0 Å². The van der Waals surface area contributed by atoms with E-state index in [1.807, 2.05) is 0 Å². The second-order valence-corrected chi connectivity index (χ2v) is 4.68. The number of hydrogen-bond donors (Lipinski definition) is 0. The normalized spacial score (nSPS) is 12.4. The zero-order valence-electron chi connectivity index (χ0n) is 10.7. The number of hydrogen-bond acceptors (Lipinski definition) is 0. The predicted octanol–water partition coefficient (Wildman–Crippen LogP) is 5.26. The molecule has 2 aromatic rings. The van der Waals surface area contributed by atoms with Gasteiger partial charge in [-0.15, -0.1) is 0 Å². The van der Waals surface area contributed by atoms with E-state index in [1.54, 1.807) is 0 Å². The first kappa shape index (κ1) is 11.9. The molecule has 0 aliphatic carbocycles. The Morgan fingerprint density at radius 2 is 1.41 bits per heavy atom. The van der Waals surface area contributed by atoms with Crippen molar-refractivity contribution in [2.75, 3.05) is 0 Å². The summed E-state index contributed by atoms with van der Waals surface area (Å²) in [5.41, 5.74) is 4.05. The van der Waals surface area contributed by atoms with E-state index in [0.29, 0.717) is 5.92 Å². The fraction of sp³-hybridized carbons (Fsp3) is 0.294. The van der Waals surface area contributed by atoms with Crippen molar-refractivity contribution in [3.05, 3.63) is 60.2 Å². The zero-order valence-corrected chi connectivity index (χ0v) is 10.7. The summed E-state index contributed by atoms with van der Waals surface area (Å²) in [6.07, 6.45) is 2.52. The van der Waals surface area contributed by atoms with Crippen molar-refractivity contribution < 1.29 is 0 Å². The Hall–Kier alpha value is -1.56. The van der Waals surface area contributed by atoms with Crippen LogP contribution in [0.25, 0.3) is 11.1 Å². The van der Waals surface area contributed by atoms with Crippen LogP contribution in [0.15, 0.2) is 54.6 Å². The van der Waals surface area contributed by atoms with Gasteiger partial charge in [0.15, 0.2) is 0 Å². The van der Waals surface area contributed by atoms with Crippen molar-refractivity contribution in [1.82, 2.24) is 0 Å². The van der Waals surface area contributed by atoms with Crippen molar-refractivity contribution >= 4 is 0 Å². The van der Waals surface area contributed by atoms with Gasteiger partial charge >= 0.3 is 0 Å². The molecule has 17 heavy (non-hydrogen) atoms. The van der Waals surface area contributed by atoms with Crippen LogP contribution >= 0.6 is 0 Å². The lowest BCUT2D eigenvalue weighted by molar-refractivity contribution is 0.665. The summed E-state index contributed by atoms with van der Waals surface area (Å²) in [7, 11) is 0. The maximum Gasteiger partial charge on any atom is -0.0184 e. The topological polar surface area (TPSA) is 0 Å². The van der Waals surface area contributed by atoms with Gasteiger partial charge in [-0.2, -0.15) is 0 Å². The minimum Gasteiger partial charge on any atom is -0.0654 e. The average molecular weight is 224 g/mol. The van der Waals surface area contributed by atoms with Crippen LogP contribution in [-0.2, 0) is 0 Å². The molecule has 1 atom stereocenters. The first-order valence-corrected chi connectivity index (χ1v) is 6.46. The van der Waals surface area contributed by atoms with Gasteiger partial charge in [0.2, 0.25) is 0 Å². The lowest BCUT2D eigenvalue weighted by atomic mass is 9.94. The van der Waals surface area contributed by atoms with Crippen LogP contribution in [0.3, 0.4) is 0 Å². The summed E-state index contributed by atoms with van der Waals surface area (Å²) in [5, 5.41) is 0.